The van der Waals surface area contributed by atoms with Gasteiger partial charge in [0.25, 0.3) is 0 Å². The smallest absolute Gasteiger partial charge is 0.0606 e. The highest BCUT2D eigenvalue weighted by molar-refractivity contribution is 5.81. The van der Waals surface area contributed by atoms with Crippen LogP contribution in [-0.4, -0.2) is 41.1 Å². The molecule has 0 saturated carbocycles. The van der Waals surface area contributed by atoms with E-state index < -0.39 is 0 Å². The van der Waals surface area contributed by atoms with Crippen LogP contribution in [0.4, 0.5) is 11.4 Å². The lowest BCUT2D eigenvalue weighted by atomic mass is 10.0. The fourth-order valence-electron chi connectivity index (χ4n) is 2.32. The van der Waals surface area contributed by atoms with E-state index >= 15 is 0 Å². The average molecular weight is 275 g/mol. The van der Waals surface area contributed by atoms with E-state index in [0.29, 0.717) is 18.8 Å². The molecule has 1 aromatic heterocycles. The minimum Gasteiger partial charge on any atom is -0.399 e. The van der Waals surface area contributed by atoms with Crippen LogP contribution in [0.3, 0.4) is 0 Å². The molecule has 0 bridgehead atoms. The van der Waals surface area contributed by atoms with E-state index in [-0.39, 0.29) is 13.2 Å². The molecule has 5 heteroatoms. The van der Waals surface area contributed by atoms with E-state index in [1.165, 1.54) is 0 Å². The number of nitrogens with two attached hydrogens (primary N) is 1. The number of hydrogen-bond donors (Lipinski definition) is 3. The van der Waals surface area contributed by atoms with Crippen molar-refractivity contribution in [1.82, 2.24) is 4.57 Å². The van der Waals surface area contributed by atoms with Gasteiger partial charge in [-0.15, -0.1) is 0 Å². The van der Waals surface area contributed by atoms with Gasteiger partial charge < -0.3 is 25.4 Å². The van der Waals surface area contributed by atoms with Gasteiger partial charge >= 0.3 is 0 Å². The number of aryl methyl sites for hydroxylation is 1. The lowest BCUT2D eigenvalue weighted by Gasteiger charge is -2.25. The second-order valence-electron chi connectivity index (χ2n) is 4.78. The Balaban J connectivity index is 2.46. The number of rotatable bonds is 6. The lowest BCUT2D eigenvalue weighted by Crippen LogP contribution is -2.30. The van der Waals surface area contributed by atoms with E-state index in [0.717, 1.165) is 16.8 Å². The predicted octanol–water partition coefficient (Wildman–Crippen LogP) is 1.07. The number of aliphatic hydroxyl groups excluding tert-OH is 2. The summed E-state index contributed by atoms with van der Waals surface area (Å²) >= 11 is 0. The van der Waals surface area contributed by atoms with Gasteiger partial charge in [0.2, 0.25) is 0 Å². The minimum atomic E-state index is 0.0403. The Morgan fingerprint density at radius 3 is 2.40 bits per heavy atom. The molecule has 0 saturated heterocycles. The third kappa shape index (κ3) is 3.12. The van der Waals surface area contributed by atoms with Gasteiger partial charge in [-0.25, -0.2) is 0 Å². The molecule has 0 unspecified atom stereocenters. The number of nitrogen functional groups attached to an aromatic ring is 1. The van der Waals surface area contributed by atoms with Gasteiger partial charge in [-0.3, -0.25) is 0 Å². The summed E-state index contributed by atoms with van der Waals surface area (Å²) in [5, 5.41) is 18.4. The molecular formula is C15H21N3O2. The highest BCUT2D eigenvalue weighted by Crippen LogP contribution is 2.32. The van der Waals surface area contributed by atoms with E-state index in [1.807, 2.05) is 53.2 Å². The first-order chi connectivity index (χ1) is 9.65. The molecule has 0 aliphatic heterocycles. The van der Waals surface area contributed by atoms with Crippen LogP contribution in [-0.2, 0) is 7.05 Å². The van der Waals surface area contributed by atoms with E-state index in [1.54, 1.807) is 0 Å². The molecule has 2 rings (SSSR count). The Hall–Kier alpha value is -1.98. The number of benzene rings is 1. The maximum absolute atomic E-state index is 9.19. The second kappa shape index (κ2) is 6.45. The third-order valence-corrected chi connectivity index (χ3v) is 3.24. The van der Waals surface area contributed by atoms with Gasteiger partial charge in [0.15, 0.2) is 0 Å². The van der Waals surface area contributed by atoms with Gasteiger partial charge in [-0.05, 0) is 24.3 Å². The van der Waals surface area contributed by atoms with Crippen LogP contribution in [0.5, 0.6) is 0 Å². The first-order valence-corrected chi connectivity index (χ1v) is 6.64. The zero-order valence-electron chi connectivity index (χ0n) is 11.7. The van der Waals surface area contributed by atoms with Crippen molar-refractivity contribution in [3.8, 4) is 11.1 Å². The fraction of sp³-hybridized carbons (Fsp3) is 0.333. The van der Waals surface area contributed by atoms with Crippen molar-refractivity contribution in [3.63, 3.8) is 0 Å². The lowest BCUT2D eigenvalue weighted by molar-refractivity contribution is 0.281. The summed E-state index contributed by atoms with van der Waals surface area (Å²) in [7, 11) is 1.97. The fourth-order valence-corrected chi connectivity index (χ4v) is 2.32. The minimum absolute atomic E-state index is 0.0403. The molecule has 1 aromatic carbocycles. The maximum atomic E-state index is 9.19. The molecule has 0 spiro atoms. The van der Waals surface area contributed by atoms with Crippen LogP contribution < -0.4 is 10.6 Å². The molecule has 2 aromatic rings. The van der Waals surface area contributed by atoms with Crippen LogP contribution in [0.25, 0.3) is 11.1 Å². The van der Waals surface area contributed by atoms with Gasteiger partial charge in [0, 0.05) is 55.0 Å². The number of anilines is 2. The van der Waals surface area contributed by atoms with E-state index in [9.17, 15) is 10.2 Å². The molecule has 4 N–H and O–H groups in total. The average Bonchev–Trinajstić information content (AvgIpc) is 2.85. The molecule has 0 atom stereocenters. The van der Waals surface area contributed by atoms with E-state index in [2.05, 4.69) is 0 Å². The Morgan fingerprint density at radius 2 is 1.85 bits per heavy atom. The van der Waals surface area contributed by atoms with Gasteiger partial charge in [0.05, 0.1) is 13.2 Å². The molecule has 0 radical (unpaired) electrons. The van der Waals surface area contributed by atoms with Gasteiger partial charge in [-0.2, -0.15) is 0 Å². The SMILES string of the molecule is Cn1ccc(-c2cc(N)ccc2N(CCO)CCO)c1. The third-order valence-electron chi connectivity index (χ3n) is 3.24. The Morgan fingerprint density at radius 1 is 1.15 bits per heavy atom. The topological polar surface area (TPSA) is 74.7 Å². The van der Waals surface area contributed by atoms with Crippen molar-refractivity contribution >= 4 is 11.4 Å². The van der Waals surface area contributed by atoms with Crippen LogP contribution in [0.2, 0.25) is 0 Å². The van der Waals surface area contributed by atoms with Crippen LogP contribution in [0.1, 0.15) is 0 Å². The molecule has 108 valence electrons. The highest BCUT2D eigenvalue weighted by atomic mass is 16.3. The van der Waals surface area contributed by atoms with Crippen molar-refractivity contribution in [3.05, 3.63) is 36.7 Å². The summed E-state index contributed by atoms with van der Waals surface area (Å²) in [6.45, 7) is 1.03. The molecule has 0 amide bonds. The summed E-state index contributed by atoms with van der Waals surface area (Å²) in [6.07, 6.45) is 4.00. The quantitative estimate of drug-likeness (QED) is 0.689. The Bertz CT molecular complexity index is 560. The summed E-state index contributed by atoms with van der Waals surface area (Å²) in [4.78, 5) is 1.96. The number of aromatic nitrogens is 1. The molecule has 5 nitrogen and oxygen atoms in total. The summed E-state index contributed by atoms with van der Waals surface area (Å²) in [6, 6.07) is 7.72. The van der Waals surface area contributed by atoms with Crippen molar-refractivity contribution < 1.29 is 10.2 Å². The van der Waals surface area contributed by atoms with Crippen LogP contribution in [0.15, 0.2) is 36.7 Å². The second-order valence-corrected chi connectivity index (χ2v) is 4.78. The number of nitrogens with zero attached hydrogens (tertiary/aromatic N) is 2. The summed E-state index contributed by atoms with van der Waals surface area (Å²) < 4.78 is 1.98. The van der Waals surface area contributed by atoms with Crippen molar-refractivity contribution in [1.29, 1.82) is 0 Å². The van der Waals surface area contributed by atoms with Crippen molar-refractivity contribution in [2.45, 2.75) is 0 Å². The number of aliphatic hydroxyl groups is 2. The van der Waals surface area contributed by atoms with E-state index in [4.69, 9.17) is 5.73 Å². The highest BCUT2D eigenvalue weighted by Gasteiger charge is 2.13. The molecular weight excluding hydrogens is 254 g/mol. The zero-order valence-corrected chi connectivity index (χ0v) is 11.7. The van der Waals surface area contributed by atoms with Gasteiger partial charge in [-0.1, -0.05) is 0 Å². The molecule has 1 heterocycles. The Kier molecular flexibility index (Phi) is 4.65. The zero-order chi connectivity index (χ0) is 14.5. The largest absolute Gasteiger partial charge is 0.399 e. The van der Waals surface area contributed by atoms with Gasteiger partial charge in [0.1, 0.15) is 0 Å². The van der Waals surface area contributed by atoms with Crippen molar-refractivity contribution in [2.75, 3.05) is 36.9 Å². The molecule has 0 aliphatic carbocycles. The molecule has 0 fully saturated rings. The molecule has 0 aliphatic rings. The molecule has 20 heavy (non-hydrogen) atoms. The van der Waals surface area contributed by atoms with Crippen LogP contribution in [0, 0.1) is 0 Å². The standard InChI is InChI=1S/C15H21N3O2/c1-17-5-4-12(11-17)14-10-13(16)2-3-15(14)18(6-8-19)7-9-20/h2-5,10-11,19-20H,6-9,16H2,1H3. The Labute approximate surface area is 118 Å². The maximum Gasteiger partial charge on any atom is 0.0606 e. The summed E-state index contributed by atoms with van der Waals surface area (Å²) in [5.41, 5.74) is 9.63. The number of hydrogen-bond acceptors (Lipinski definition) is 4. The first-order valence-electron chi connectivity index (χ1n) is 6.64. The first kappa shape index (κ1) is 14.4. The predicted molar refractivity (Wildman–Crippen MR) is 81.6 cm³/mol. The van der Waals surface area contributed by atoms with Crippen molar-refractivity contribution in [2.24, 2.45) is 7.05 Å². The monoisotopic (exact) mass is 275 g/mol. The normalized spacial score (nSPS) is 10.8. The van der Waals surface area contributed by atoms with Crippen LogP contribution >= 0.6 is 0 Å². The summed E-state index contributed by atoms with van der Waals surface area (Å²) in [5.74, 6) is 0.